The fourth-order valence-corrected chi connectivity index (χ4v) is 2.43. The second-order valence-electron chi connectivity index (χ2n) is 5.47. The van der Waals surface area contributed by atoms with Gasteiger partial charge >= 0.3 is 12.0 Å². The Bertz CT molecular complexity index is 740. The largest absolute Gasteiger partial charge is 0.478 e. The van der Waals surface area contributed by atoms with Crippen LogP contribution in [0.25, 0.3) is 0 Å². The monoisotopic (exact) mass is 342 g/mol. The number of amides is 2. The average Bonchev–Trinajstić information content (AvgIpc) is 2.63. The number of carboxylic acids is 1. The molecule has 1 aromatic carbocycles. The lowest BCUT2D eigenvalue weighted by atomic mass is 10.2. The van der Waals surface area contributed by atoms with Crippen molar-refractivity contribution in [1.82, 2.24) is 4.98 Å². The summed E-state index contributed by atoms with van der Waals surface area (Å²) in [7, 11) is 0. The molecule has 0 atom stereocenters. The van der Waals surface area contributed by atoms with E-state index in [2.05, 4.69) is 20.5 Å². The third kappa shape index (κ3) is 4.45. The number of nitrogens with zero attached hydrogens (tertiary/aromatic N) is 2. The lowest BCUT2D eigenvalue weighted by Gasteiger charge is -2.27. The number of urea groups is 1. The molecule has 1 aromatic heterocycles. The number of aromatic nitrogens is 1. The van der Waals surface area contributed by atoms with Gasteiger partial charge < -0.3 is 25.4 Å². The number of aromatic carboxylic acids is 1. The van der Waals surface area contributed by atoms with Gasteiger partial charge in [-0.05, 0) is 36.4 Å². The van der Waals surface area contributed by atoms with Gasteiger partial charge in [0.05, 0.1) is 30.7 Å². The number of hydrogen-bond acceptors (Lipinski definition) is 5. The zero-order valence-electron chi connectivity index (χ0n) is 13.4. The van der Waals surface area contributed by atoms with Crippen molar-refractivity contribution in [3.8, 4) is 0 Å². The number of ether oxygens (including phenoxy) is 1. The zero-order chi connectivity index (χ0) is 17.6. The Morgan fingerprint density at radius 2 is 1.64 bits per heavy atom. The first kappa shape index (κ1) is 16.7. The molecule has 0 aliphatic carbocycles. The van der Waals surface area contributed by atoms with Crippen LogP contribution in [0.3, 0.4) is 0 Å². The second kappa shape index (κ2) is 7.63. The molecule has 2 heterocycles. The molecule has 1 saturated heterocycles. The maximum atomic E-state index is 12.0. The van der Waals surface area contributed by atoms with E-state index >= 15 is 0 Å². The summed E-state index contributed by atoms with van der Waals surface area (Å²) in [6.07, 6.45) is 1.60. The average molecular weight is 342 g/mol. The number of rotatable bonds is 4. The summed E-state index contributed by atoms with van der Waals surface area (Å²) in [6, 6.07) is 9.12. The van der Waals surface area contributed by atoms with Crippen LogP contribution < -0.4 is 15.5 Å². The van der Waals surface area contributed by atoms with Crippen LogP contribution in [0, 0.1) is 0 Å². The summed E-state index contributed by atoms with van der Waals surface area (Å²) >= 11 is 0. The van der Waals surface area contributed by atoms with E-state index in [1.165, 1.54) is 24.3 Å². The fourth-order valence-electron chi connectivity index (χ4n) is 2.43. The minimum atomic E-state index is -1.01. The predicted molar refractivity (Wildman–Crippen MR) is 93.3 cm³/mol. The van der Waals surface area contributed by atoms with Gasteiger partial charge in [-0.3, -0.25) is 0 Å². The van der Waals surface area contributed by atoms with Gasteiger partial charge in [0, 0.05) is 18.8 Å². The van der Waals surface area contributed by atoms with Crippen LogP contribution in [0.5, 0.6) is 0 Å². The standard InChI is InChI=1S/C17H18N4O4/c22-16(23)12-1-3-13(4-2-12)19-17(24)20-14-5-6-15(18-11-14)21-7-9-25-10-8-21/h1-6,11H,7-10H2,(H,22,23)(H2,19,20,24). The molecule has 2 aromatic rings. The molecule has 0 spiro atoms. The molecule has 25 heavy (non-hydrogen) atoms. The van der Waals surface area contributed by atoms with Crippen LogP contribution >= 0.6 is 0 Å². The number of carbonyl (C=O) groups is 2. The number of nitrogens with one attached hydrogen (secondary N) is 2. The minimum Gasteiger partial charge on any atom is -0.478 e. The first-order valence-electron chi connectivity index (χ1n) is 7.82. The van der Waals surface area contributed by atoms with Crippen LogP contribution in [0.2, 0.25) is 0 Å². The van der Waals surface area contributed by atoms with Crippen molar-refractivity contribution in [2.75, 3.05) is 41.8 Å². The Labute approximate surface area is 144 Å². The maximum Gasteiger partial charge on any atom is 0.335 e. The molecule has 1 aliphatic rings. The Morgan fingerprint density at radius 3 is 2.24 bits per heavy atom. The molecule has 0 bridgehead atoms. The quantitative estimate of drug-likeness (QED) is 0.787. The first-order chi connectivity index (χ1) is 12.1. The van der Waals surface area contributed by atoms with E-state index < -0.39 is 12.0 Å². The van der Waals surface area contributed by atoms with E-state index in [-0.39, 0.29) is 5.56 Å². The zero-order valence-corrected chi connectivity index (χ0v) is 13.4. The Kier molecular flexibility index (Phi) is 5.10. The molecule has 0 saturated carbocycles. The summed E-state index contributed by atoms with van der Waals surface area (Å²) in [5.41, 5.74) is 1.23. The third-order valence-corrected chi connectivity index (χ3v) is 3.73. The molecule has 8 heteroatoms. The van der Waals surface area contributed by atoms with E-state index in [1.807, 2.05) is 6.07 Å². The van der Waals surface area contributed by atoms with Crippen molar-refractivity contribution in [3.63, 3.8) is 0 Å². The van der Waals surface area contributed by atoms with E-state index in [1.54, 1.807) is 12.3 Å². The summed E-state index contributed by atoms with van der Waals surface area (Å²) in [4.78, 5) is 29.3. The Hall–Kier alpha value is -3.13. The highest BCUT2D eigenvalue weighted by atomic mass is 16.5. The fraction of sp³-hybridized carbons (Fsp3) is 0.235. The maximum absolute atomic E-state index is 12.0. The molecule has 0 unspecified atom stereocenters. The van der Waals surface area contributed by atoms with Crippen LogP contribution in [0.15, 0.2) is 42.6 Å². The normalized spacial score (nSPS) is 14.0. The van der Waals surface area contributed by atoms with Crippen LogP contribution in [-0.4, -0.2) is 48.4 Å². The third-order valence-electron chi connectivity index (χ3n) is 3.73. The van der Waals surface area contributed by atoms with Gasteiger partial charge in [0.1, 0.15) is 5.82 Å². The van der Waals surface area contributed by atoms with Crippen molar-refractivity contribution < 1.29 is 19.4 Å². The van der Waals surface area contributed by atoms with Crippen LogP contribution in [0.1, 0.15) is 10.4 Å². The summed E-state index contributed by atoms with van der Waals surface area (Å²) in [6.45, 7) is 2.97. The van der Waals surface area contributed by atoms with E-state index in [4.69, 9.17) is 9.84 Å². The summed E-state index contributed by atoms with van der Waals surface area (Å²) in [5.74, 6) is -0.166. The van der Waals surface area contributed by atoms with Gasteiger partial charge in [-0.2, -0.15) is 0 Å². The van der Waals surface area contributed by atoms with Gasteiger partial charge in [-0.25, -0.2) is 14.6 Å². The molecule has 8 nitrogen and oxygen atoms in total. The van der Waals surface area contributed by atoms with E-state index in [0.717, 1.165) is 18.9 Å². The Morgan fingerprint density at radius 1 is 1.00 bits per heavy atom. The van der Waals surface area contributed by atoms with Crippen molar-refractivity contribution in [2.24, 2.45) is 0 Å². The molecule has 130 valence electrons. The predicted octanol–water partition coefficient (Wildman–Crippen LogP) is 2.26. The number of hydrogen-bond donors (Lipinski definition) is 3. The van der Waals surface area contributed by atoms with E-state index in [9.17, 15) is 9.59 Å². The molecule has 2 amide bonds. The lowest BCUT2D eigenvalue weighted by Crippen LogP contribution is -2.36. The number of pyridine rings is 1. The minimum absolute atomic E-state index is 0.161. The summed E-state index contributed by atoms with van der Waals surface area (Å²) < 4.78 is 5.31. The van der Waals surface area contributed by atoms with Gasteiger partial charge in [0.2, 0.25) is 0 Å². The van der Waals surface area contributed by atoms with Crippen molar-refractivity contribution in [2.45, 2.75) is 0 Å². The molecule has 3 rings (SSSR count). The van der Waals surface area contributed by atoms with Gasteiger partial charge in [-0.1, -0.05) is 0 Å². The number of morpholine rings is 1. The highest BCUT2D eigenvalue weighted by Crippen LogP contribution is 2.16. The van der Waals surface area contributed by atoms with E-state index in [0.29, 0.717) is 24.6 Å². The molecule has 0 radical (unpaired) electrons. The molecule has 3 N–H and O–H groups in total. The highest BCUT2D eigenvalue weighted by molar-refractivity contribution is 6.00. The number of anilines is 3. The molecular weight excluding hydrogens is 324 g/mol. The molecular formula is C17H18N4O4. The van der Waals surface area contributed by atoms with Crippen LogP contribution in [-0.2, 0) is 4.74 Å². The number of carboxylic acid groups (broad SMARTS) is 1. The Balaban J connectivity index is 1.56. The topological polar surface area (TPSA) is 104 Å². The molecule has 1 fully saturated rings. The molecule has 1 aliphatic heterocycles. The highest BCUT2D eigenvalue weighted by Gasteiger charge is 2.12. The lowest BCUT2D eigenvalue weighted by molar-refractivity contribution is 0.0697. The second-order valence-corrected chi connectivity index (χ2v) is 5.47. The first-order valence-corrected chi connectivity index (χ1v) is 7.82. The number of carbonyl (C=O) groups excluding carboxylic acids is 1. The van der Waals surface area contributed by atoms with Gasteiger partial charge in [0.15, 0.2) is 0 Å². The van der Waals surface area contributed by atoms with Gasteiger partial charge in [0.25, 0.3) is 0 Å². The number of benzene rings is 1. The van der Waals surface area contributed by atoms with Gasteiger partial charge in [-0.15, -0.1) is 0 Å². The van der Waals surface area contributed by atoms with Crippen molar-refractivity contribution >= 4 is 29.2 Å². The van der Waals surface area contributed by atoms with Crippen LogP contribution in [0.4, 0.5) is 22.0 Å². The van der Waals surface area contributed by atoms with Crippen molar-refractivity contribution in [1.29, 1.82) is 0 Å². The summed E-state index contributed by atoms with van der Waals surface area (Å²) in [5, 5.41) is 14.2. The SMILES string of the molecule is O=C(Nc1ccc(C(=O)O)cc1)Nc1ccc(N2CCOCC2)nc1. The van der Waals surface area contributed by atoms with Crippen molar-refractivity contribution in [3.05, 3.63) is 48.2 Å². The smallest absolute Gasteiger partial charge is 0.335 e.